The number of hydrogen-bond donors (Lipinski definition) is 0. The number of benzene rings is 2. The molecule has 98 valence electrons. The maximum atomic E-state index is 12.3. The van der Waals surface area contributed by atoms with Gasteiger partial charge in [0.1, 0.15) is 5.75 Å². The number of Topliss-reactive ketones (excluding diaryl/α,β-unsaturated/α-hetero) is 1. The number of ketones is 1. The van der Waals surface area contributed by atoms with Gasteiger partial charge in [-0.05, 0) is 30.7 Å². The van der Waals surface area contributed by atoms with E-state index in [0.717, 1.165) is 21.3 Å². The fourth-order valence-corrected chi connectivity index (χ4v) is 2.68. The van der Waals surface area contributed by atoms with Gasteiger partial charge in [-0.2, -0.15) is 0 Å². The second-order valence-electron chi connectivity index (χ2n) is 4.40. The summed E-state index contributed by atoms with van der Waals surface area (Å²) >= 11 is 3.44. The number of halogens is 1. The lowest BCUT2D eigenvalue weighted by Gasteiger charge is -2.08. The Labute approximate surface area is 121 Å². The molecule has 0 fully saturated rings. The zero-order valence-corrected chi connectivity index (χ0v) is 12.5. The molecular formula is C16H15BrO2. The first kappa shape index (κ1) is 13.8. The van der Waals surface area contributed by atoms with Gasteiger partial charge in [0.25, 0.3) is 0 Å². The number of carbonyl (C=O) groups is 1. The molecule has 0 aromatic heterocycles. The van der Waals surface area contributed by atoms with Crippen LogP contribution in [0.15, 0.2) is 46.9 Å². The van der Waals surface area contributed by atoms with Crippen LogP contribution in [0.1, 0.15) is 21.5 Å². The summed E-state index contributed by atoms with van der Waals surface area (Å²) in [6.45, 7) is 2.00. The Morgan fingerprint density at radius 3 is 2.63 bits per heavy atom. The van der Waals surface area contributed by atoms with Crippen molar-refractivity contribution in [3.63, 3.8) is 0 Å². The number of ether oxygens (including phenoxy) is 1. The molecule has 0 aliphatic heterocycles. The van der Waals surface area contributed by atoms with Gasteiger partial charge >= 0.3 is 0 Å². The average molecular weight is 319 g/mol. The maximum absolute atomic E-state index is 12.3. The third-order valence-electron chi connectivity index (χ3n) is 2.97. The van der Waals surface area contributed by atoms with Gasteiger partial charge in [0, 0.05) is 22.0 Å². The maximum Gasteiger partial charge on any atom is 0.168 e. The Kier molecular flexibility index (Phi) is 4.38. The molecule has 0 amide bonds. The zero-order valence-electron chi connectivity index (χ0n) is 10.9. The smallest absolute Gasteiger partial charge is 0.168 e. The lowest BCUT2D eigenvalue weighted by Crippen LogP contribution is -2.06. The largest absolute Gasteiger partial charge is 0.496 e. The number of hydrogen-bond acceptors (Lipinski definition) is 2. The molecule has 0 saturated heterocycles. The van der Waals surface area contributed by atoms with Gasteiger partial charge in [-0.25, -0.2) is 0 Å². The third-order valence-corrected chi connectivity index (χ3v) is 3.62. The predicted molar refractivity (Wildman–Crippen MR) is 79.9 cm³/mol. The summed E-state index contributed by atoms with van der Waals surface area (Å²) < 4.78 is 6.11. The molecule has 2 aromatic carbocycles. The molecule has 0 radical (unpaired) electrons. The number of para-hydroxylation sites is 1. The summed E-state index contributed by atoms with van der Waals surface area (Å²) in [6, 6.07) is 13.3. The third kappa shape index (κ3) is 3.24. The van der Waals surface area contributed by atoms with Crippen molar-refractivity contribution >= 4 is 21.7 Å². The summed E-state index contributed by atoms with van der Waals surface area (Å²) in [5.74, 6) is 0.829. The fraction of sp³-hybridized carbons (Fsp3) is 0.188. The van der Waals surface area contributed by atoms with Gasteiger partial charge in [-0.15, -0.1) is 0 Å². The monoisotopic (exact) mass is 318 g/mol. The topological polar surface area (TPSA) is 26.3 Å². The van der Waals surface area contributed by atoms with Crippen LogP contribution in [0.3, 0.4) is 0 Å². The van der Waals surface area contributed by atoms with Gasteiger partial charge in [-0.1, -0.05) is 40.2 Å². The molecule has 0 unspecified atom stereocenters. The fourth-order valence-electron chi connectivity index (χ4n) is 1.96. The molecule has 0 aliphatic rings. The number of methoxy groups -OCH3 is 1. The Balaban J connectivity index is 2.26. The van der Waals surface area contributed by atoms with Crippen LogP contribution in [0.2, 0.25) is 0 Å². The summed E-state index contributed by atoms with van der Waals surface area (Å²) in [6.07, 6.45) is 0.339. The minimum absolute atomic E-state index is 0.0800. The van der Waals surface area contributed by atoms with Crippen LogP contribution in [0.25, 0.3) is 0 Å². The second kappa shape index (κ2) is 6.02. The van der Waals surface area contributed by atoms with Gasteiger partial charge in [-0.3, -0.25) is 4.79 Å². The Morgan fingerprint density at radius 2 is 1.95 bits per heavy atom. The molecule has 2 rings (SSSR count). The van der Waals surface area contributed by atoms with Crippen LogP contribution < -0.4 is 4.74 Å². The first-order valence-electron chi connectivity index (χ1n) is 6.03. The second-order valence-corrected chi connectivity index (χ2v) is 5.25. The lowest BCUT2D eigenvalue weighted by molar-refractivity contribution is 0.0991. The van der Waals surface area contributed by atoms with E-state index in [2.05, 4.69) is 15.9 Å². The van der Waals surface area contributed by atoms with Crippen molar-refractivity contribution in [1.29, 1.82) is 0 Å². The number of aryl methyl sites for hydroxylation is 1. The summed E-state index contributed by atoms with van der Waals surface area (Å²) in [7, 11) is 1.62. The highest BCUT2D eigenvalue weighted by Crippen LogP contribution is 2.23. The highest BCUT2D eigenvalue weighted by molar-refractivity contribution is 9.10. The Hall–Kier alpha value is -1.61. The van der Waals surface area contributed by atoms with Gasteiger partial charge in [0.2, 0.25) is 0 Å². The van der Waals surface area contributed by atoms with Crippen molar-refractivity contribution in [2.75, 3.05) is 7.11 Å². The highest BCUT2D eigenvalue weighted by atomic mass is 79.9. The van der Waals surface area contributed by atoms with Crippen molar-refractivity contribution in [1.82, 2.24) is 0 Å². The minimum Gasteiger partial charge on any atom is -0.496 e. The van der Waals surface area contributed by atoms with E-state index in [-0.39, 0.29) is 5.78 Å². The van der Waals surface area contributed by atoms with Crippen molar-refractivity contribution in [3.05, 3.63) is 63.6 Å². The van der Waals surface area contributed by atoms with Crippen molar-refractivity contribution in [2.24, 2.45) is 0 Å². The van der Waals surface area contributed by atoms with E-state index in [1.54, 1.807) is 7.11 Å². The molecule has 0 atom stereocenters. The van der Waals surface area contributed by atoms with Crippen LogP contribution in [-0.2, 0) is 6.42 Å². The quantitative estimate of drug-likeness (QED) is 0.790. The van der Waals surface area contributed by atoms with Crippen LogP contribution in [0, 0.1) is 6.92 Å². The molecule has 2 nitrogen and oxygen atoms in total. The van der Waals surface area contributed by atoms with Crippen molar-refractivity contribution in [3.8, 4) is 5.75 Å². The molecule has 3 heteroatoms. The molecule has 0 aliphatic carbocycles. The SMILES string of the molecule is COc1ccccc1CC(=O)c1ccc(C)cc1Br. The predicted octanol–water partition coefficient (Wildman–Crippen LogP) is 4.19. The summed E-state index contributed by atoms with van der Waals surface area (Å²) in [5.41, 5.74) is 2.74. The van der Waals surface area contributed by atoms with E-state index >= 15 is 0 Å². The van der Waals surface area contributed by atoms with E-state index in [1.807, 2.05) is 49.4 Å². The standard InChI is InChI=1S/C16H15BrO2/c1-11-7-8-13(14(17)9-11)15(18)10-12-5-3-4-6-16(12)19-2/h3-9H,10H2,1-2H3. The molecule has 0 N–H and O–H groups in total. The first-order valence-corrected chi connectivity index (χ1v) is 6.82. The first-order chi connectivity index (χ1) is 9.11. The van der Waals surface area contributed by atoms with E-state index in [9.17, 15) is 4.79 Å². The van der Waals surface area contributed by atoms with Gasteiger partial charge in [0.05, 0.1) is 7.11 Å². The van der Waals surface area contributed by atoms with Crippen LogP contribution in [0.4, 0.5) is 0 Å². The van der Waals surface area contributed by atoms with Crippen LogP contribution in [-0.4, -0.2) is 12.9 Å². The molecular weight excluding hydrogens is 304 g/mol. The van der Waals surface area contributed by atoms with Gasteiger partial charge in [0.15, 0.2) is 5.78 Å². The Bertz CT molecular complexity index is 605. The lowest BCUT2D eigenvalue weighted by atomic mass is 10.0. The average Bonchev–Trinajstić information content (AvgIpc) is 2.39. The van der Waals surface area contributed by atoms with E-state index < -0.39 is 0 Å². The number of carbonyl (C=O) groups excluding carboxylic acids is 1. The van der Waals surface area contributed by atoms with Crippen LogP contribution >= 0.6 is 15.9 Å². The molecule has 0 heterocycles. The molecule has 0 bridgehead atoms. The molecule has 19 heavy (non-hydrogen) atoms. The molecule has 0 spiro atoms. The minimum atomic E-state index is 0.0800. The van der Waals surface area contributed by atoms with Gasteiger partial charge < -0.3 is 4.74 Å². The summed E-state index contributed by atoms with van der Waals surface area (Å²) in [5, 5.41) is 0. The van der Waals surface area contributed by atoms with E-state index in [4.69, 9.17) is 4.74 Å². The van der Waals surface area contributed by atoms with Crippen molar-refractivity contribution < 1.29 is 9.53 Å². The normalized spacial score (nSPS) is 10.3. The molecule has 2 aromatic rings. The number of rotatable bonds is 4. The van der Waals surface area contributed by atoms with E-state index in [1.165, 1.54) is 0 Å². The Morgan fingerprint density at radius 1 is 1.21 bits per heavy atom. The highest BCUT2D eigenvalue weighted by Gasteiger charge is 2.13. The van der Waals surface area contributed by atoms with E-state index in [0.29, 0.717) is 12.0 Å². The van der Waals surface area contributed by atoms with Crippen LogP contribution in [0.5, 0.6) is 5.75 Å². The molecule has 0 saturated carbocycles. The van der Waals surface area contributed by atoms with Crippen molar-refractivity contribution in [2.45, 2.75) is 13.3 Å². The zero-order chi connectivity index (χ0) is 13.8. The summed E-state index contributed by atoms with van der Waals surface area (Å²) in [4.78, 5) is 12.3.